The highest BCUT2D eigenvalue weighted by molar-refractivity contribution is 5.93. The van der Waals surface area contributed by atoms with Gasteiger partial charge in [-0.2, -0.15) is 13.2 Å². The van der Waals surface area contributed by atoms with E-state index >= 15 is 0 Å². The summed E-state index contributed by atoms with van der Waals surface area (Å²) in [6.45, 7) is -2.28. The summed E-state index contributed by atoms with van der Waals surface area (Å²) in [7, 11) is 0. The second-order valence-corrected chi connectivity index (χ2v) is 6.88. The van der Waals surface area contributed by atoms with Crippen molar-refractivity contribution in [2.75, 3.05) is 13.1 Å². The fourth-order valence-electron chi connectivity index (χ4n) is 3.28. The van der Waals surface area contributed by atoms with Gasteiger partial charge in [0.1, 0.15) is 30.0 Å². The van der Waals surface area contributed by atoms with E-state index in [2.05, 4.69) is 4.98 Å². The molecule has 1 aromatic heterocycles. The summed E-state index contributed by atoms with van der Waals surface area (Å²) in [4.78, 5) is 26.9. The number of halogens is 5. The van der Waals surface area contributed by atoms with Crippen molar-refractivity contribution in [3.05, 3.63) is 47.2 Å². The Balaban J connectivity index is 1.96. The van der Waals surface area contributed by atoms with Crippen molar-refractivity contribution >= 4 is 12.0 Å². The number of hydrogen-bond donors (Lipinski definition) is 2. The van der Waals surface area contributed by atoms with Crippen LogP contribution in [0.2, 0.25) is 0 Å². The predicted molar refractivity (Wildman–Crippen MR) is 96.5 cm³/mol. The van der Waals surface area contributed by atoms with Gasteiger partial charge >= 0.3 is 12.3 Å². The Morgan fingerprint density at radius 2 is 1.94 bits per heavy atom. The van der Waals surface area contributed by atoms with Crippen molar-refractivity contribution < 1.29 is 41.4 Å². The number of rotatable bonds is 5. The first kappa shape index (κ1) is 22.2. The molecule has 31 heavy (non-hydrogen) atoms. The lowest BCUT2D eigenvalue weighted by Crippen LogP contribution is -2.45. The fraction of sp³-hybridized carbons (Fsp3) is 0.316. The molecule has 1 unspecified atom stereocenters. The van der Waals surface area contributed by atoms with Crippen LogP contribution in [0.5, 0.6) is 5.88 Å². The van der Waals surface area contributed by atoms with Crippen molar-refractivity contribution in [2.24, 2.45) is 5.73 Å². The third-order valence-electron chi connectivity index (χ3n) is 4.62. The second-order valence-electron chi connectivity index (χ2n) is 6.88. The van der Waals surface area contributed by atoms with Gasteiger partial charge in [0, 0.05) is 17.2 Å². The minimum Gasteiger partial charge on any atom is -0.472 e. The smallest absolute Gasteiger partial charge is 0.407 e. The topological polar surface area (TPSA) is 106 Å². The summed E-state index contributed by atoms with van der Waals surface area (Å²) < 4.78 is 71.1. The Labute approximate surface area is 172 Å². The quantitative estimate of drug-likeness (QED) is 0.687. The molecule has 2 aromatic rings. The Kier molecular flexibility index (Phi) is 6.00. The molecule has 1 aromatic carbocycles. The summed E-state index contributed by atoms with van der Waals surface area (Å²) in [5.74, 6) is -2.87. The summed E-state index contributed by atoms with van der Waals surface area (Å²) in [5, 5.41) is 9.05. The van der Waals surface area contributed by atoms with Gasteiger partial charge in [-0.1, -0.05) is 0 Å². The molecule has 0 saturated carbocycles. The van der Waals surface area contributed by atoms with Crippen LogP contribution in [-0.2, 0) is 6.42 Å². The summed E-state index contributed by atoms with van der Waals surface area (Å²) in [5.41, 5.74) is 5.41. The third kappa shape index (κ3) is 5.19. The highest BCUT2D eigenvalue weighted by Gasteiger charge is 2.36. The van der Waals surface area contributed by atoms with Gasteiger partial charge in [-0.05, 0) is 36.6 Å². The van der Waals surface area contributed by atoms with E-state index < -0.39 is 49.0 Å². The predicted octanol–water partition coefficient (Wildman–Crippen LogP) is 3.36. The Morgan fingerprint density at radius 3 is 2.52 bits per heavy atom. The van der Waals surface area contributed by atoms with Crippen LogP contribution in [0.1, 0.15) is 22.5 Å². The zero-order valence-corrected chi connectivity index (χ0v) is 15.7. The van der Waals surface area contributed by atoms with Crippen LogP contribution in [0.3, 0.4) is 0 Å². The number of carbonyl (C=O) groups excluding carboxylic acids is 1. The number of amides is 2. The number of pyridine rings is 1. The minimum atomic E-state index is -4.74. The van der Waals surface area contributed by atoms with Gasteiger partial charge in [-0.15, -0.1) is 0 Å². The number of nitrogens with two attached hydrogens (primary N) is 1. The lowest BCUT2D eigenvalue weighted by Gasteiger charge is -2.31. The molecule has 2 heterocycles. The van der Waals surface area contributed by atoms with E-state index in [1.54, 1.807) is 0 Å². The normalized spacial score (nSPS) is 15.7. The van der Waals surface area contributed by atoms with Gasteiger partial charge in [-0.25, -0.2) is 18.6 Å². The molecule has 0 radical (unpaired) electrons. The Bertz CT molecular complexity index is 1030. The highest BCUT2D eigenvalue weighted by Crippen LogP contribution is 2.37. The van der Waals surface area contributed by atoms with Gasteiger partial charge in [0.15, 0.2) is 0 Å². The molecule has 7 nitrogen and oxygen atoms in total. The molecule has 12 heteroatoms. The molecule has 3 N–H and O–H groups in total. The van der Waals surface area contributed by atoms with E-state index in [-0.39, 0.29) is 40.4 Å². The SMILES string of the molecule is NC(=O)c1cc(-c2ccc(F)cc2F)c2c(n1)OC(CN(CC(F)(F)F)C(=O)O)CC2. The lowest BCUT2D eigenvalue weighted by molar-refractivity contribution is -0.143. The molecule has 3 rings (SSSR count). The number of carboxylic acid groups (broad SMARTS) is 1. The standard InChI is InChI=1S/C19H16F5N3O4/c20-9-1-3-11(14(21)5-9)13-6-15(16(25)28)26-17-12(13)4-2-10(31-17)7-27(18(29)30)8-19(22,23)24/h1,3,5-6,10H,2,4,7-8H2,(H2,25,28)(H,29,30). The summed E-state index contributed by atoms with van der Waals surface area (Å²) >= 11 is 0. The molecule has 0 aliphatic carbocycles. The zero-order valence-electron chi connectivity index (χ0n) is 15.7. The number of benzene rings is 1. The molecule has 166 valence electrons. The average Bonchev–Trinajstić information content (AvgIpc) is 2.65. The number of alkyl halides is 3. The molecule has 1 atom stereocenters. The number of ether oxygens (including phenoxy) is 1. The van der Waals surface area contributed by atoms with Crippen molar-refractivity contribution in [1.29, 1.82) is 0 Å². The van der Waals surface area contributed by atoms with Gasteiger partial charge in [0.05, 0.1) is 6.54 Å². The second kappa shape index (κ2) is 8.36. The number of primary amides is 1. The van der Waals surface area contributed by atoms with Gasteiger partial charge in [0.2, 0.25) is 5.88 Å². The number of carbonyl (C=O) groups is 2. The van der Waals surface area contributed by atoms with E-state index in [0.717, 1.165) is 12.1 Å². The molecule has 0 fully saturated rings. The summed E-state index contributed by atoms with van der Waals surface area (Å²) in [6.07, 6.45) is -7.28. The largest absolute Gasteiger partial charge is 0.472 e. The molecule has 0 saturated heterocycles. The first-order valence-corrected chi connectivity index (χ1v) is 8.95. The maximum Gasteiger partial charge on any atom is 0.407 e. The van der Waals surface area contributed by atoms with Crippen LogP contribution < -0.4 is 10.5 Å². The van der Waals surface area contributed by atoms with E-state index in [0.29, 0.717) is 11.6 Å². The molecule has 1 aliphatic rings. The van der Waals surface area contributed by atoms with Gasteiger partial charge in [0.25, 0.3) is 5.91 Å². The van der Waals surface area contributed by atoms with Crippen LogP contribution in [0.4, 0.5) is 26.7 Å². The molecule has 2 amide bonds. The van der Waals surface area contributed by atoms with E-state index in [9.17, 15) is 31.5 Å². The van der Waals surface area contributed by atoms with Gasteiger partial charge in [-0.3, -0.25) is 9.69 Å². The lowest BCUT2D eigenvalue weighted by atomic mass is 9.93. The van der Waals surface area contributed by atoms with Crippen LogP contribution in [0.15, 0.2) is 24.3 Å². The Morgan fingerprint density at radius 1 is 1.23 bits per heavy atom. The molecular weight excluding hydrogens is 429 g/mol. The van der Waals surface area contributed by atoms with Crippen molar-refractivity contribution in [2.45, 2.75) is 25.1 Å². The van der Waals surface area contributed by atoms with Crippen LogP contribution in [0.25, 0.3) is 11.1 Å². The van der Waals surface area contributed by atoms with Crippen molar-refractivity contribution in [3.8, 4) is 17.0 Å². The number of hydrogen-bond acceptors (Lipinski definition) is 4. The maximum atomic E-state index is 14.3. The van der Waals surface area contributed by atoms with E-state index in [1.807, 2.05) is 0 Å². The first-order chi connectivity index (χ1) is 14.4. The molecular formula is C19H16F5N3O4. The first-order valence-electron chi connectivity index (χ1n) is 8.95. The van der Waals surface area contributed by atoms with Gasteiger partial charge < -0.3 is 15.6 Å². The van der Waals surface area contributed by atoms with E-state index in [4.69, 9.17) is 15.6 Å². The van der Waals surface area contributed by atoms with Crippen LogP contribution in [-0.4, -0.2) is 52.4 Å². The fourth-order valence-corrected chi connectivity index (χ4v) is 3.28. The number of fused-ring (bicyclic) bond motifs is 1. The van der Waals surface area contributed by atoms with E-state index in [1.165, 1.54) is 6.07 Å². The minimum absolute atomic E-state index is 0.0474. The number of aromatic nitrogens is 1. The highest BCUT2D eigenvalue weighted by atomic mass is 19.4. The third-order valence-corrected chi connectivity index (χ3v) is 4.62. The van der Waals surface area contributed by atoms with Crippen LogP contribution in [0, 0.1) is 11.6 Å². The molecule has 0 spiro atoms. The van der Waals surface area contributed by atoms with Crippen LogP contribution >= 0.6 is 0 Å². The van der Waals surface area contributed by atoms with Crippen molar-refractivity contribution in [1.82, 2.24) is 9.88 Å². The van der Waals surface area contributed by atoms with Crippen molar-refractivity contribution in [3.63, 3.8) is 0 Å². The Hall–Kier alpha value is -3.44. The monoisotopic (exact) mass is 445 g/mol. The molecule has 0 bridgehead atoms. The molecule has 1 aliphatic heterocycles. The number of nitrogens with zero attached hydrogens (tertiary/aromatic N) is 2. The zero-order chi connectivity index (χ0) is 22.9. The average molecular weight is 445 g/mol. The summed E-state index contributed by atoms with van der Waals surface area (Å²) in [6, 6.07) is 4.05. The maximum absolute atomic E-state index is 14.3.